The molecule has 0 fully saturated rings. The van der Waals surface area contributed by atoms with Crippen molar-refractivity contribution in [2.75, 3.05) is 11.1 Å². The number of carbonyl (C=O) groups is 1. The molecular formula is C22H19FN4OS2. The van der Waals surface area contributed by atoms with Crippen LogP contribution in [0.5, 0.6) is 0 Å². The van der Waals surface area contributed by atoms with E-state index in [1.54, 1.807) is 12.1 Å². The highest BCUT2D eigenvalue weighted by atomic mass is 32.2. The summed E-state index contributed by atoms with van der Waals surface area (Å²) in [7, 11) is 0. The van der Waals surface area contributed by atoms with Crippen molar-refractivity contribution in [1.82, 2.24) is 15.2 Å². The van der Waals surface area contributed by atoms with Crippen molar-refractivity contribution < 1.29 is 9.18 Å². The molecule has 0 saturated carbocycles. The van der Waals surface area contributed by atoms with E-state index in [2.05, 4.69) is 27.4 Å². The van der Waals surface area contributed by atoms with Crippen molar-refractivity contribution in [3.63, 3.8) is 0 Å². The molecule has 0 spiro atoms. The number of fused-ring (bicyclic) bond motifs is 1. The lowest BCUT2D eigenvalue weighted by Crippen LogP contribution is -2.14. The molecule has 0 aliphatic rings. The summed E-state index contributed by atoms with van der Waals surface area (Å²) in [5.41, 5.74) is 4.12. The highest BCUT2D eigenvalue weighted by Crippen LogP contribution is 2.35. The first kappa shape index (κ1) is 20.4. The van der Waals surface area contributed by atoms with E-state index in [9.17, 15) is 9.18 Å². The van der Waals surface area contributed by atoms with Crippen LogP contribution in [0.4, 0.5) is 10.1 Å². The fourth-order valence-electron chi connectivity index (χ4n) is 3.01. The molecule has 5 nitrogen and oxygen atoms in total. The van der Waals surface area contributed by atoms with E-state index < -0.39 is 0 Å². The van der Waals surface area contributed by atoms with Gasteiger partial charge in [-0.15, -0.1) is 21.5 Å². The molecule has 30 heavy (non-hydrogen) atoms. The van der Waals surface area contributed by atoms with Crippen LogP contribution >= 0.6 is 23.1 Å². The number of benzene rings is 2. The first-order valence-corrected chi connectivity index (χ1v) is 11.2. The molecule has 152 valence electrons. The molecule has 2 aromatic heterocycles. The van der Waals surface area contributed by atoms with Crippen molar-refractivity contribution >= 4 is 44.9 Å². The van der Waals surface area contributed by atoms with Crippen molar-refractivity contribution in [3.8, 4) is 11.3 Å². The number of thioether (sulfide) groups is 1. The molecular weight excluding hydrogens is 419 g/mol. The van der Waals surface area contributed by atoms with Crippen LogP contribution in [0.3, 0.4) is 0 Å². The van der Waals surface area contributed by atoms with Crippen molar-refractivity contribution in [2.24, 2.45) is 0 Å². The number of amides is 1. The van der Waals surface area contributed by atoms with Gasteiger partial charge in [0.1, 0.15) is 22.1 Å². The van der Waals surface area contributed by atoms with Gasteiger partial charge in [0.2, 0.25) is 5.91 Å². The lowest BCUT2D eigenvalue weighted by molar-refractivity contribution is -0.113. The average Bonchev–Trinajstić information content (AvgIpc) is 3.14. The largest absolute Gasteiger partial charge is 0.325 e. The summed E-state index contributed by atoms with van der Waals surface area (Å²) >= 11 is 2.82. The molecule has 4 rings (SSSR count). The van der Waals surface area contributed by atoms with E-state index in [0.717, 1.165) is 32.9 Å². The number of carbonyl (C=O) groups excluding carboxylic acids is 1. The summed E-state index contributed by atoms with van der Waals surface area (Å²) in [5.74, 6) is -0.212. The molecule has 0 unspecified atom stereocenters. The Bertz CT molecular complexity index is 1210. The fraction of sp³-hybridized carbons (Fsp3) is 0.182. The van der Waals surface area contributed by atoms with Crippen molar-refractivity contribution in [2.45, 2.75) is 25.3 Å². The highest BCUT2D eigenvalue weighted by molar-refractivity contribution is 8.00. The van der Waals surface area contributed by atoms with E-state index in [1.165, 1.54) is 40.8 Å². The Morgan fingerprint density at radius 3 is 2.73 bits per heavy atom. The molecule has 2 heterocycles. The zero-order valence-corrected chi connectivity index (χ0v) is 18.1. The Hall–Kier alpha value is -2.84. The number of nitrogens with zero attached hydrogens (tertiary/aromatic N) is 3. The number of anilines is 1. The molecule has 0 aliphatic carbocycles. The van der Waals surface area contributed by atoms with Crippen LogP contribution < -0.4 is 5.32 Å². The average molecular weight is 439 g/mol. The van der Waals surface area contributed by atoms with Crippen LogP contribution in [0.1, 0.15) is 17.5 Å². The maximum atomic E-state index is 13.3. The molecule has 2 aromatic carbocycles. The Morgan fingerprint density at radius 1 is 1.17 bits per heavy atom. The molecule has 0 atom stereocenters. The maximum Gasteiger partial charge on any atom is 0.234 e. The van der Waals surface area contributed by atoms with Crippen molar-refractivity contribution in [1.29, 1.82) is 0 Å². The fourth-order valence-corrected chi connectivity index (χ4v) is 4.73. The van der Waals surface area contributed by atoms with E-state index in [1.807, 2.05) is 31.2 Å². The number of aromatic nitrogens is 3. The number of nitrogens with one attached hydrogen (secondary N) is 1. The topological polar surface area (TPSA) is 67.8 Å². The third-order valence-corrected chi connectivity index (χ3v) is 6.40. The maximum absolute atomic E-state index is 13.3. The van der Waals surface area contributed by atoms with Gasteiger partial charge in [-0.25, -0.2) is 9.37 Å². The molecule has 0 bridgehead atoms. The van der Waals surface area contributed by atoms with Gasteiger partial charge in [-0.1, -0.05) is 30.8 Å². The van der Waals surface area contributed by atoms with Crippen LogP contribution in [0, 0.1) is 12.7 Å². The molecule has 1 amide bonds. The Balaban J connectivity index is 1.54. The second-order valence-corrected chi connectivity index (χ2v) is 8.83. The minimum absolute atomic E-state index is 0.113. The number of aryl methyl sites for hydroxylation is 2. The first-order chi connectivity index (χ1) is 14.5. The molecule has 0 aliphatic heterocycles. The van der Waals surface area contributed by atoms with Gasteiger partial charge in [-0.3, -0.25) is 4.79 Å². The monoisotopic (exact) mass is 438 g/mol. The van der Waals surface area contributed by atoms with Crippen LogP contribution in [-0.2, 0) is 11.2 Å². The van der Waals surface area contributed by atoms with Gasteiger partial charge in [0.25, 0.3) is 0 Å². The lowest BCUT2D eigenvalue weighted by atomic mass is 10.1. The number of hydrogen-bond acceptors (Lipinski definition) is 6. The van der Waals surface area contributed by atoms with Gasteiger partial charge >= 0.3 is 0 Å². The zero-order chi connectivity index (χ0) is 21.1. The van der Waals surface area contributed by atoms with Crippen LogP contribution in [0.25, 0.3) is 21.5 Å². The smallest absolute Gasteiger partial charge is 0.234 e. The second-order valence-electron chi connectivity index (χ2n) is 6.66. The number of rotatable bonds is 6. The van der Waals surface area contributed by atoms with E-state index >= 15 is 0 Å². The van der Waals surface area contributed by atoms with Gasteiger partial charge in [0.15, 0.2) is 0 Å². The van der Waals surface area contributed by atoms with Gasteiger partial charge in [0, 0.05) is 11.3 Å². The predicted molar refractivity (Wildman–Crippen MR) is 121 cm³/mol. The van der Waals surface area contributed by atoms with Gasteiger partial charge in [-0.2, -0.15) is 0 Å². The van der Waals surface area contributed by atoms with E-state index in [4.69, 9.17) is 0 Å². The van der Waals surface area contributed by atoms with Gasteiger partial charge in [0.05, 0.1) is 15.5 Å². The summed E-state index contributed by atoms with van der Waals surface area (Å²) in [6.45, 7) is 3.99. The molecule has 1 N–H and O–H groups in total. The third kappa shape index (κ3) is 4.49. The zero-order valence-electron chi connectivity index (χ0n) is 16.5. The summed E-state index contributed by atoms with van der Waals surface area (Å²) in [6, 6.07) is 14.0. The van der Waals surface area contributed by atoms with E-state index in [-0.39, 0.29) is 17.5 Å². The number of thiazole rings is 1. The van der Waals surface area contributed by atoms with Crippen LogP contribution in [0.2, 0.25) is 0 Å². The Morgan fingerprint density at radius 2 is 1.97 bits per heavy atom. The SMILES string of the molecule is CCc1cccc(NC(=O)CSc2nnc(-c3ccc(F)cc3)c3sc(C)nc23)c1. The summed E-state index contributed by atoms with van der Waals surface area (Å²) in [6.07, 6.45) is 0.912. The normalized spacial score (nSPS) is 11.0. The van der Waals surface area contributed by atoms with Crippen LogP contribution in [-0.4, -0.2) is 26.8 Å². The summed E-state index contributed by atoms with van der Waals surface area (Å²) < 4.78 is 14.2. The third-order valence-electron chi connectivity index (χ3n) is 4.47. The van der Waals surface area contributed by atoms with Gasteiger partial charge in [-0.05, 0) is 55.3 Å². The minimum Gasteiger partial charge on any atom is -0.325 e. The minimum atomic E-state index is -0.300. The Kier molecular flexibility index (Phi) is 6.06. The first-order valence-electron chi connectivity index (χ1n) is 9.45. The quantitative estimate of drug-likeness (QED) is 0.403. The predicted octanol–water partition coefficient (Wildman–Crippen LogP) is 5.49. The second kappa shape index (κ2) is 8.89. The number of halogens is 1. The summed E-state index contributed by atoms with van der Waals surface area (Å²) in [4.78, 5) is 17.0. The Labute approximate surface area is 181 Å². The van der Waals surface area contributed by atoms with Gasteiger partial charge < -0.3 is 5.32 Å². The molecule has 8 heteroatoms. The van der Waals surface area contributed by atoms with Crippen molar-refractivity contribution in [3.05, 3.63) is 64.9 Å². The standard InChI is InChI=1S/C22H19FN4OS2/c1-3-14-5-4-6-17(11-14)25-18(28)12-29-22-20-21(30-13(2)24-20)19(26-27-22)15-7-9-16(23)10-8-15/h4-11H,3,12H2,1-2H3,(H,25,28). The van der Waals surface area contributed by atoms with Crippen LogP contribution in [0.15, 0.2) is 53.6 Å². The lowest BCUT2D eigenvalue weighted by Gasteiger charge is -2.07. The molecule has 0 radical (unpaired) electrons. The number of hydrogen-bond donors (Lipinski definition) is 1. The molecule has 0 saturated heterocycles. The van der Waals surface area contributed by atoms with E-state index in [0.29, 0.717) is 10.7 Å². The molecule has 4 aromatic rings. The summed E-state index contributed by atoms with van der Waals surface area (Å²) in [5, 5.41) is 13.1. The highest BCUT2D eigenvalue weighted by Gasteiger charge is 2.17.